The van der Waals surface area contributed by atoms with Crippen LogP contribution in [0.4, 0.5) is 15.8 Å². The number of amides is 1. The first-order chi connectivity index (χ1) is 18.7. The highest BCUT2D eigenvalue weighted by Crippen LogP contribution is 2.36. The molecule has 0 saturated heterocycles. The minimum Gasteiger partial charge on any atom is -0.497 e. The highest BCUT2D eigenvalue weighted by atomic mass is 35.5. The van der Waals surface area contributed by atoms with Crippen LogP contribution in [0.25, 0.3) is 10.9 Å². The summed E-state index contributed by atoms with van der Waals surface area (Å²) in [6.45, 7) is 1.95. The zero-order chi connectivity index (χ0) is 28.1. The van der Waals surface area contributed by atoms with E-state index in [1.165, 1.54) is 12.4 Å². The summed E-state index contributed by atoms with van der Waals surface area (Å²) in [7, 11) is 1.60. The molecule has 12 heteroatoms. The molecule has 0 spiro atoms. The quantitative estimate of drug-likeness (QED) is 0.122. The van der Waals surface area contributed by atoms with Crippen LogP contribution in [0.15, 0.2) is 54.9 Å². The maximum absolute atomic E-state index is 14.9. The number of nitrogens with zero attached hydrogens (tertiary/aromatic N) is 3. The summed E-state index contributed by atoms with van der Waals surface area (Å²) in [5, 5.41) is 2.95. The van der Waals surface area contributed by atoms with E-state index in [9.17, 15) is 17.9 Å². The first-order valence-corrected chi connectivity index (χ1v) is 13.7. The van der Waals surface area contributed by atoms with Crippen LogP contribution in [0.3, 0.4) is 0 Å². The number of ether oxygens (including phenoxy) is 1. The summed E-state index contributed by atoms with van der Waals surface area (Å²) in [5.41, 5.74) is 2.06. The van der Waals surface area contributed by atoms with Gasteiger partial charge in [0.15, 0.2) is 0 Å². The Morgan fingerprint density at radius 1 is 1.13 bits per heavy atom. The van der Waals surface area contributed by atoms with E-state index in [2.05, 4.69) is 15.3 Å². The van der Waals surface area contributed by atoms with Gasteiger partial charge in [0, 0.05) is 11.9 Å². The van der Waals surface area contributed by atoms with Crippen molar-refractivity contribution in [2.75, 3.05) is 23.3 Å². The van der Waals surface area contributed by atoms with E-state index < -0.39 is 23.0 Å². The molecule has 39 heavy (non-hydrogen) atoms. The van der Waals surface area contributed by atoms with Crippen LogP contribution in [-0.4, -0.2) is 38.3 Å². The van der Waals surface area contributed by atoms with Crippen molar-refractivity contribution in [3.8, 4) is 5.75 Å². The normalized spacial score (nSPS) is 11.8. The molecule has 0 fully saturated rings. The van der Waals surface area contributed by atoms with Crippen molar-refractivity contribution in [1.29, 1.82) is 0 Å². The number of aryl methyl sites for hydroxylation is 2. The fourth-order valence-electron chi connectivity index (χ4n) is 4.14. The van der Waals surface area contributed by atoms with Gasteiger partial charge in [-0.3, -0.25) is 13.7 Å². The van der Waals surface area contributed by atoms with Crippen LogP contribution in [-0.2, 0) is 17.7 Å². The number of halogens is 3. The van der Waals surface area contributed by atoms with Gasteiger partial charge in [-0.1, -0.05) is 35.3 Å². The molecule has 0 aliphatic carbocycles. The maximum atomic E-state index is 14.9. The van der Waals surface area contributed by atoms with Crippen molar-refractivity contribution < 1.29 is 22.7 Å². The highest BCUT2D eigenvalue weighted by molar-refractivity contribution is 7.80. The summed E-state index contributed by atoms with van der Waals surface area (Å²) >= 11 is 10.2. The van der Waals surface area contributed by atoms with Crippen molar-refractivity contribution in [2.45, 2.75) is 26.2 Å². The Bertz CT molecular complexity index is 1540. The van der Waals surface area contributed by atoms with Gasteiger partial charge in [-0.05, 0) is 73.7 Å². The standard InChI is InChI=1S/C27H25Cl2FN4O4S/c1-16-13-19-24(31-15-32-26(19)29)20(14-16)27(35)33-25-21(30)10-11-22(23(25)28)34(39(36)37)12-4-3-5-17-6-8-18(38-2)9-7-17/h6-11,13-15H,3-5,12H2,1-2H3,(H,33,35)(H,36,37). The van der Waals surface area contributed by atoms with Gasteiger partial charge >= 0.3 is 0 Å². The summed E-state index contributed by atoms with van der Waals surface area (Å²) in [4.78, 5) is 21.3. The molecule has 1 unspecified atom stereocenters. The fourth-order valence-corrected chi connectivity index (χ4v) is 5.29. The lowest BCUT2D eigenvalue weighted by atomic mass is 10.1. The van der Waals surface area contributed by atoms with Crippen molar-refractivity contribution in [1.82, 2.24) is 9.97 Å². The number of anilines is 2. The van der Waals surface area contributed by atoms with Crippen LogP contribution in [0.5, 0.6) is 5.75 Å². The number of aromatic nitrogens is 2. The molecular weight excluding hydrogens is 566 g/mol. The Morgan fingerprint density at radius 3 is 2.56 bits per heavy atom. The topological polar surface area (TPSA) is 105 Å². The van der Waals surface area contributed by atoms with Gasteiger partial charge in [-0.25, -0.2) is 18.6 Å². The molecular formula is C27H25Cl2FN4O4S. The first-order valence-electron chi connectivity index (χ1n) is 11.9. The van der Waals surface area contributed by atoms with Crippen molar-refractivity contribution in [3.05, 3.63) is 87.5 Å². The molecule has 4 rings (SSSR count). The Hall–Kier alpha value is -3.31. The molecule has 1 heterocycles. The lowest BCUT2D eigenvalue weighted by Gasteiger charge is -2.23. The summed E-state index contributed by atoms with van der Waals surface area (Å²) in [5.74, 6) is -0.709. The number of benzene rings is 3. The highest BCUT2D eigenvalue weighted by Gasteiger charge is 2.23. The largest absolute Gasteiger partial charge is 0.497 e. The second-order valence-corrected chi connectivity index (χ2v) is 10.4. The van der Waals surface area contributed by atoms with Crippen LogP contribution in [0, 0.1) is 12.7 Å². The van der Waals surface area contributed by atoms with E-state index >= 15 is 0 Å². The minimum atomic E-state index is -2.44. The molecule has 0 aliphatic rings. The maximum Gasteiger partial charge on any atom is 0.261 e. The molecule has 0 bridgehead atoms. The molecule has 0 radical (unpaired) electrons. The molecule has 0 saturated carbocycles. The zero-order valence-electron chi connectivity index (χ0n) is 21.1. The number of methoxy groups -OCH3 is 1. The number of carbonyl (C=O) groups is 1. The Balaban J connectivity index is 1.53. The molecule has 204 valence electrons. The molecule has 2 N–H and O–H groups in total. The average Bonchev–Trinajstić information content (AvgIpc) is 2.92. The van der Waals surface area contributed by atoms with Crippen LogP contribution >= 0.6 is 23.2 Å². The van der Waals surface area contributed by atoms with Gasteiger partial charge < -0.3 is 10.1 Å². The number of carbonyl (C=O) groups excluding carboxylic acids is 1. The van der Waals surface area contributed by atoms with E-state index in [4.69, 9.17) is 27.9 Å². The minimum absolute atomic E-state index is 0.109. The zero-order valence-corrected chi connectivity index (χ0v) is 23.4. The number of hydrogen-bond acceptors (Lipinski definition) is 5. The predicted octanol–water partition coefficient (Wildman–Crippen LogP) is 6.61. The molecule has 3 aromatic carbocycles. The number of rotatable bonds is 10. The second-order valence-electron chi connectivity index (χ2n) is 8.72. The number of unbranched alkanes of at least 4 members (excludes halogenated alkanes) is 1. The summed E-state index contributed by atoms with van der Waals surface area (Å²) in [6, 6.07) is 13.4. The SMILES string of the molecule is COc1ccc(CCCCN(c2ccc(F)c(NC(=O)c3cc(C)cc4c(Cl)ncnc34)c2Cl)S(=O)O)cc1. The van der Waals surface area contributed by atoms with Crippen molar-refractivity contribution in [3.63, 3.8) is 0 Å². The van der Waals surface area contributed by atoms with Crippen LogP contribution < -0.4 is 14.4 Å². The molecule has 0 aliphatic heterocycles. The third-order valence-electron chi connectivity index (χ3n) is 6.08. The Kier molecular flexibility index (Phi) is 9.34. The lowest BCUT2D eigenvalue weighted by Crippen LogP contribution is -2.27. The van der Waals surface area contributed by atoms with Crippen LogP contribution in [0.2, 0.25) is 10.2 Å². The predicted molar refractivity (Wildman–Crippen MR) is 153 cm³/mol. The van der Waals surface area contributed by atoms with Gasteiger partial charge in [0.2, 0.25) is 0 Å². The van der Waals surface area contributed by atoms with Gasteiger partial charge in [0.25, 0.3) is 17.2 Å². The van der Waals surface area contributed by atoms with Crippen molar-refractivity contribution in [2.24, 2.45) is 0 Å². The molecule has 8 nitrogen and oxygen atoms in total. The Labute approximate surface area is 237 Å². The second kappa shape index (κ2) is 12.7. The van der Waals surface area contributed by atoms with Gasteiger partial charge in [-0.2, -0.15) is 0 Å². The first kappa shape index (κ1) is 28.7. The lowest BCUT2D eigenvalue weighted by molar-refractivity contribution is 0.102. The van der Waals surface area contributed by atoms with Gasteiger partial charge in [0.1, 0.15) is 23.0 Å². The van der Waals surface area contributed by atoms with E-state index in [0.29, 0.717) is 17.3 Å². The van der Waals surface area contributed by atoms with E-state index in [1.54, 1.807) is 26.2 Å². The molecule has 1 aromatic heterocycles. The van der Waals surface area contributed by atoms with Gasteiger partial charge in [-0.15, -0.1) is 0 Å². The van der Waals surface area contributed by atoms with Crippen molar-refractivity contribution >= 4 is 62.7 Å². The Morgan fingerprint density at radius 2 is 1.87 bits per heavy atom. The molecule has 4 aromatic rings. The third-order valence-corrected chi connectivity index (χ3v) is 7.52. The molecule has 1 atom stereocenters. The summed E-state index contributed by atoms with van der Waals surface area (Å²) < 4.78 is 43.4. The monoisotopic (exact) mass is 590 g/mol. The number of fused-ring (bicyclic) bond motifs is 1. The molecule has 1 amide bonds. The number of nitrogens with one attached hydrogen (secondary N) is 1. The van der Waals surface area contributed by atoms with Gasteiger partial charge in [0.05, 0.1) is 34.6 Å². The van der Waals surface area contributed by atoms with E-state index in [0.717, 1.165) is 40.1 Å². The number of hydrogen-bond donors (Lipinski definition) is 2. The summed E-state index contributed by atoms with van der Waals surface area (Å²) in [6.07, 6.45) is 3.27. The van der Waals surface area contributed by atoms with E-state index in [1.807, 2.05) is 24.3 Å². The third kappa shape index (κ3) is 6.65. The smallest absolute Gasteiger partial charge is 0.261 e. The van der Waals surface area contributed by atoms with E-state index in [-0.39, 0.29) is 33.7 Å². The fraction of sp³-hybridized carbons (Fsp3) is 0.222. The average molecular weight is 591 g/mol. The van der Waals surface area contributed by atoms with Crippen LogP contribution in [0.1, 0.15) is 34.3 Å².